The van der Waals surface area contributed by atoms with Gasteiger partial charge in [-0.05, 0) is 67.3 Å². The minimum atomic E-state index is -3.60. The molecule has 0 unspecified atom stereocenters. The molecule has 1 amide bonds. The summed E-state index contributed by atoms with van der Waals surface area (Å²) in [5.41, 5.74) is 4.51. The van der Waals surface area contributed by atoms with Crippen LogP contribution in [0.25, 0.3) is 10.2 Å². The molecule has 0 radical (unpaired) electrons. The highest BCUT2D eigenvalue weighted by atomic mass is 32.2. The van der Waals surface area contributed by atoms with Gasteiger partial charge in [0.05, 0.1) is 21.7 Å². The van der Waals surface area contributed by atoms with E-state index in [1.165, 1.54) is 27.8 Å². The summed E-state index contributed by atoms with van der Waals surface area (Å²) in [5, 5.41) is 0.614. The van der Waals surface area contributed by atoms with E-state index in [0.717, 1.165) is 39.7 Å². The first-order valence-corrected chi connectivity index (χ1v) is 14.3. The molecule has 188 valence electrons. The number of carbonyl (C=O) groups is 1. The molecule has 36 heavy (non-hydrogen) atoms. The molecule has 0 atom stereocenters. The summed E-state index contributed by atoms with van der Waals surface area (Å²) in [4.78, 5) is 20.4. The first-order chi connectivity index (χ1) is 17.2. The summed E-state index contributed by atoms with van der Waals surface area (Å²) in [6.07, 6.45) is 1.71. The molecular weight excluding hydrogens is 490 g/mol. The number of hydrogen-bond acceptors (Lipinski definition) is 5. The highest BCUT2D eigenvalue weighted by Gasteiger charge is 2.24. The second-order valence-electron chi connectivity index (χ2n) is 9.01. The van der Waals surface area contributed by atoms with Crippen molar-refractivity contribution >= 4 is 42.6 Å². The molecule has 0 fully saturated rings. The molecular formula is C28H31N3O3S2. The van der Waals surface area contributed by atoms with Gasteiger partial charge in [-0.15, -0.1) is 0 Å². The molecule has 0 saturated heterocycles. The number of sulfonamides is 1. The molecule has 0 aliphatic rings. The van der Waals surface area contributed by atoms with Crippen molar-refractivity contribution in [2.24, 2.45) is 0 Å². The summed E-state index contributed by atoms with van der Waals surface area (Å²) in [5.74, 6) is -0.226. The molecule has 6 nitrogen and oxygen atoms in total. The number of hydrogen-bond donors (Lipinski definition) is 0. The highest BCUT2D eigenvalue weighted by Crippen LogP contribution is 2.33. The number of nitrogens with zero attached hydrogens (tertiary/aromatic N) is 3. The van der Waals surface area contributed by atoms with E-state index in [9.17, 15) is 13.2 Å². The molecule has 1 heterocycles. The number of aryl methyl sites for hydroxylation is 2. The second-order valence-corrected chi connectivity index (χ2v) is 12.0. The number of thiazole rings is 1. The molecule has 1 aromatic heterocycles. The van der Waals surface area contributed by atoms with Gasteiger partial charge >= 0.3 is 0 Å². The lowest BCUT2D eigenvalue weighted by molar-refractivity contribution is 0.0985. The lowest BCUT2D eigenvalue weighted by Crippen LogP contribution is -2.30. The van der Waals surface area contributed by atoms with Gasteiger partial charge < -0.3 is 0 Å². The number of anilines is 1. The molecule has 0 saturated carbocycles. The molecule has 3 aromatic carbocycles. The number of unbranched alkanes of at least 4 members (excludes halogenated alkanes) is 1. The highest BCUT2D eigenvalue weighted by molar-refractivity contribution is 7.89. The van der Waals surface area contributed by atoms with Crippen LogP contribution in [0.15, 0.2) is 71.6 Å². The largest absolute Gasteiger partial charge is 0.279 e. The van der Waals surface area contributed by atoms with Crippen LogP contribution in [0.2, 0.25) is 0 Å². The van der Waals surface area contributed by atoms with E-state index in [-0.39, 0.29) is 10.8 Å². The van der Waals surface area contributed by atoms with E-state index < -0.39 is 10.0 Å². The molecule has 0 bridgehead atoms. The maximum absolute atomic E-state index is 13.7. The van der Waals surface area contributed by atoms with Crippen LogP contribution in [0.3, 0.4) is 0 Å². The van der Waals surface area contributed by atoms with Crippen LogP contribution in [0.1, 0.15) is 46.8 Å². The number of amides is 1. The Bertz CT molecular complexity index is 1460. The average Bonchev–Trinajstić information content (AvgIpc) is 3.30. The maximum atomic E-state index is 13.7. The van der Waals surface area contributed by atoms with E-state index >= 15 is 0 Å². The quantitative estimate of drug-likeness (QED) is 0.264. The number of fused-ring (bicyclic) bond motifs is 1. The fraction of sp³-hybridized carbons (Fsp3) is 0.286. The molecule has 4 aromatic rings. The fourth-order valence-electron chi connectivity index (χ4n) is 4.08. The molecule has 4 rings (SSSR count). The third-order valence-corrected chi connectivity index (χ3v) is 9.20. The first kappa shape index (κ1) is 26.0. The van der Waals surface area contributed by atoms with Crippen LogP contribution in [-0.4, -0.2) is 37.2 Å². The molecule has 0 N–H and O–H groups in total. The fourth-order valence-corrected chi connectivity index (χ4v) is 6.30. The zero-order valence-electron chi connectivity index (χ0n) is 21.1. The van der Waals surface area contributed by atoms with Gasteiger partial charge in [-0.25, -0.2) is 17.7 Å². The van der Waals surface area contributed by atoms with Crippen molar-refractivity contribution in [2.45, 2.75) is 45.1 Å². The van der Waals surface area contributed by atoms with Crippen LogP contribution < -0.4 is 4.90 Å². The van der Waals surface area contributed by atoms with Crippen molar-refractivity contribution in [3.8, 4) is 0 Å². The Hall–Kier alpha value is -3.07. The standard InChI is InChI=1S/C28H31N3O3S2/c1-5-6-16-30(4)36(33,34)24-14-12-23(13-15-24)27(32)31(19-22-10-8-7-9-11-22)28-29-25-18-20(2)17-21(3)26(25)35-28/h7-15,17-18H,5-6,16,19H2,1-4H3. The third kappa shape index (κ3) is 5.51. The molecule has 0 aliphatic carbocycles. The Morgan fingerprint density at radius 3 is 2.36 bits per heavy atom. The zero-order valence-corrected chi connectivity index (χ0v) is 22.7. The maximum Gasteiger partial charge on any atom is 0.260 e. The summed E-state index contributed by atoms with van der Waals surface area (Å²) in [6, 6.07) is 20.1. The lowest BCUT2D eigenvalue weighted by atomic mass is 10.1. The van der Waals surface area contributed by atoms with Crippen molar-refractivity contribution in [1.82, 2.24) is 9.29 Å². The Labute approximate surface area is 217 Å². The van der Waals surface area contributed by atoms with E-state index in [1.807, 2.05) is 50.2 Å². The van der Waals surface area contributed by atoms with Gasteiger partial charge in [0.1, 0.15) is 0 Å². The Kier molecular flexibility index (Phi) is 7.88. The number of benzene rings is 3. The monoisotopic (exact) mass is 521 g/mol. The van der Waals surface area contributed by atoms with Gasteiger partial charge in [0.15, 0.2) is 5.13 Å². The van der Waals surface area contributed by atoms with E-state index in [4.69, 9.17) is 4.98 Å². The minimum Gasteiger partial charge on any atom is -0.279 e. The molecule has 8 heteroatoms. The van der Waals surface area contributed by atoms with Gasteiger partial charge in [-0.1, -0.05) is 61.1 Å². The SMILES string of the molecule is CCCCN(C)S(=O)(=O)c1ccc(C(=O)N(Cc2ccccc2)c2nc3cc(C)cc(C)c3s2)cc1. The summed E-state index contributed by atoms with van der Waals surface area (Å²) in [6.45, 7) is 6.93. The van der Waals surface area contributed by atoms with Crippen molar-refractivity contribution in [2.75, 3.05) is 18.5 Å². The van der Waals surface area contributed by atoms with Crippen LogP contribution in [0.4, 0.5) is 5.13 Å². The first-order valence-electron chi connectivity index (χ1n) is 12.0. The predicted octanol–water partition coefficient (Wildman–Crippen LogP) is 6.18. The number of carbonyl (C=O) groups excluding carboxylic acids is 1. The number of aromatic nitrogens is 1. The third-order valence-electron chi connectivity index (χ3n) is 6.10. The van der Waals surface area contributed by atoms with E-state index in [1.54, 1.807) is 24.1 Å². The summed E-state index contributed by atoms with van der Waals surface area (Å²) >= 11 is 1.49. The van der Waals surface area contributed by atoms with Crippen LogP contribution in [0.5, 0.6) is 0 Å². The van der Waals surface area contributed by atoms with Crippen molar-refractivity contribution in [3.05, 3.63) is 89.0 Å². The van der Waals surface area contributed by atoms with Crippen molar-refractivity contribution in [3.63, 3.8) is 0 Å². The smallest absolute Gasteiger partial charge is 0.260 e. The van der Waals surface area contributed by atoms with Crippen molar-refractivity contribution in [1.29, 1.82) is 0 Å². The van der Waals surface area contributed by atoms with Gasteiger partial charge in [-0.2, -0.15) is 0 Å². The summed E-state index contributed by atoms with van der Waals surface area (Å²) in [7, 11) is -2.02. The van der Waals surface area contributed by atoms with Gasteiger partial charge in [0, 0.05) is 19.2 Å². The Balaban J connectivity index is 1.68. The topological polar surface area (TPSA) is 70.6 Å². The Morgan fingerprint density at radius 1 is 1.00 bits per heavy atom. The predicted molar refractivity (Wildman–Crippen MR) is 147 cm³/mol. The average molecular weight is 522 g/mol. The van der Waals surface area contributed by atoms with Gasteiger partial charge in [0.25, 0.3) is 5.91 Å². The van der Waals surface area contributed by atoms with Crippen molar-refractivity contribution < 1.29 is 13.2 Å². The summed E-state index contributed by atoms with van der Waals surface area (Å²) < 4.78 is 28.2. The van der Waals surface area contributed by atoms with Gasteiger partial charge in [0.2, 0.25) is 10.0 Å². The second kappa shape index (κ2) is 10.9. The van der Waals surface area contributed by atoms with Crippen LogP contribution in [0, 0.1) is 13.8 Å². The lowest BCUT2D eigenvalue weighted by Gasteiger charge is -2.21. The zero-order chi connectivity index (χ0) is 25.9. The van der Waals surface area contributed by atoms with E-state index in [2.05, 4.69) is 13.0 Å². The molecule has 0 aliphatic heterocycles. The van der Waals surface area contributed by atoms with Gasteiger partial charge in [-0.3, -0.25) is 9.69 Å². The van der Waals surface area contributed by atoms with Crippen LogP contribution >= 0.6 is 11.3 Å². The van der Waals surface area contributed by atoms with Crippen LogP contribution in [-0.2, 0) is 16.6 Å². The number of rotatable bonds is 9. The molecule has 0 spiro atoms. The van der Waals surface area contributed by atoms with E-state index in [0.29, 0.717) is 23.8 Å². The minimum absolute atomic E-state index is 0.179. The normalized spacial score (nSPS) is 11.8. The Morgan fingerprint density at radius 2 is 1.69 bits per heavy atom.